The van der Waals surface area contributed by atoms with Crippen LogP contribution in [0.2, 0.25) is 0 Å². The number of likely N-dealkylation sites (tertiary alicyclic amines) is 1. The van der Waals surface area contributed by atoms with E-state index in [1.807, 2.05) is 35.2 Å². The molecule has 2 amide bonds. The number of benzene rings is 1. The van der Waals surface area contributed by atoms with Crippen molar-refractivity contribution in [1.82, 2.24) is 10.2 Å². The number of nitrogens with two attached hydrogens (primary N) is 1. The molecule has 3 N–H and O–H groups in total. The first-order valence-electron chi connectivity index (χ1n) is 8.42. The lowest BCUT2D eigenvalue weighted by Crippen LogP contribution is -2.53. The standard InChI is InChI=1S/C18H27N3O3/c1-13(2)15-8-16(10-21(9-15)11-17(19)22)20-18(23)24-12-14-6-4-3-5-7-14/h3-7,13,15-16H,8-12H2,1-2H3,(H2,19,22)(H,20,23). The van der Waals surface area contributed by atoms with Crippen LogP contribution in [0, 0.1) is 11.8 Å². The Morgan fingerprint density at radius 3 is 2.62 bits per heavy atom. The maximum absolute atomic E-state index is 12.0. The van der Waals surface area contributed by atoms with Crippen LogP contribution < -0.4 is 11.1 Å². The Morgan fingerprint density at radius 1 is 1.29 bits per heavy atom. The predicted octanol–water partition coefficient (Wildman–Crippen LogP) is 1.74. The molecule has 132 valence electrons. The Morgan fingerprint density at radius 2 is 2.00 bits per heavy atom. The summed E-state index contributed by atoms with van der Waals surface area (Å²) in [5, 5.41) is 2.92. The molecule has 1 fully saturated rings. The summed E-state index contributed by atoms with van der Waals surface area (Å²) in [6, 6.07) is 9.53. The van der Waals surface area contributed by atoms with Gasteiger partial charge in [-0.3, -0.25) is 9.69 Å². The SMILES string of the molecule is CC(C)C1CC(NC(=O)OCc2ccccc2)CN(CC(N)=O)C1. The average Bonchev–Trinajstić information content (AvgIpc) is 2.53. The first-order valence-corrected chi connectivity index (χ1v) is 8.42. The van der Waals surface area contributed by atoms with E-state index in [4.69, 9.17) is 10.5 Å². The molecule has 1 heterocycles. The zero-order valence-electron chi connectivity index (χ0n) is 14.4. The quantitative estimate of drug-likeness (QED) is 0.830. The summed E-state index contributed by atoms with van der Waals surface area (Å²) in [6.45, 7) is 6.23. The highest BCUT2D eigenvalue weighted by atomic mass is 16.5. The van der Waals surface area contributed by atoms with E-state index in [0.29, 0.717) is 18.4 Å². The van der Waals surface area contributed by atoms with Gasteiger partial charge < -0.3 is 15.8 Å². The summed E-state index contributed by atoms with van der Waals surface area (Å²) in [4.78, 5) is 25.3. The summed E-state index contributed by atoms with van der Waals surface area (Å²) in [5.41, 5.74) is 6.26. The van der Waals surface area contributed by atoms with Gasteiger partial charge in [-0.15, -0.1) is 0 Å². The Labute approximate surface area is 143 Å². The van der Waals surface area contributed by atoms with Gasteiger partial charge in [0.15, 0.2) is 0 Å². The predicted molar refractivity (Wildman–Crippen MR) is 92.1 cm³/mol. The Bertz CT molecular complexity index is 548. The monoisotopic (exact) mass is 333 g/mol. The molecule has 0 spiro atoms. The summed E-state index contributed by atoms with van der Waals surface area (Å²) >= 11 is 0. The molecule has 1 aromatic rings. The van der Waals surface area contributed by atoms with E-state index in [1.165, 1.54) is 0 Å². The normalized spacial score (nSPS) is 21.5. The lowest BCUT2D eigenvalue weighted by atomic mass is 9.85. The lowest BCUT2D eigenvalue weighted by Gasteiger charge is -2.39. The largest absolute Gasteiger partial charge is 0.445 e. The van der Waals surface area contributed by atoms with Crippen LogP contribution in [-0.4, -0.2) is 42.6 Å². The van der Waals surface area contributed by atoms with Crippen LogP contribution in [0.25, 0.3) is 0 Å². The molecule has 1 aliphatic rings. The van der Waals surface area contributed by atoms with E-state index < -0.39 is 6.09 Å². The van der Waals surface area contributed by atoms with Gasteiger partial charge in [-0.2, -0.15) is 0 Å². The molecule has 0 aromatic heterocycles. The molecule has 1 aromatic carbocycles. The van der Waals surface area contributed by atoms with Crippen molar-refractivity contribution in [2.24, 2.45) is 17.6 Å². The van der Waals surface area contributed by atoms with Gasteiger partial charge >= 0.3 is 6.09 Å². The number of hydrogen-bond acceptors (Lipinski definition) is 4. The number of carbonyl (C=O) groups is 2. The molecule has 0 radical (unpaired) electrons. The minimum absolute atomic E-state index is 0.0335. The van der Waals surface area contributed by atoms with Crippen molar-refractivity contribution in [2.75, 3.05) is 19.6 Å². The van der Waals surface area contributed by atoms with Crippen LogP contribution >= 0.6 is 0 Å². The molecule has 6 nitrogen and oxygen atoms in total. The summed E-state index contributed by atoms with van der Waals surface area (Å²) < 4.78 is 5.28. The first kappa shape index (κ1) is 18.3. The van der Waals surface area contributed by atoms with Crippen molar-refractivity contribution in [2.45, 2.75) is 32.9 Å². The topological polar surface area (TPSA) is 84.7 Å². The minimum atomic E-state index is -0.424. The number of carbonyl (C=O) groups excluding carboxylic acids is 2. The number of amides is 2. The maximum Gasteiger partial charge on any atom is 0.407 e. The summed E-state index contributed by atoms with van der Waals surface area (Å²) in [5.74, 6) is 0.549. The number of piperidine rings is 1. The molecule has 6 heteroatoms. The Balaban J connectivity index is 1.86. The lowest BCUT2D eigenvalue weighted by molar-refractivity contribution is -0.119. The molecule has 2 unspecified atom stereocenters. The number of ether oxygens (including phenoxy) is 1. The number of nitrogens with one attached hydrogen (secondary N) is 1. The fourth-order valence-electron chi connectivity index (χ4n) is 3.10. The van der Waals surface area contributed by atoms with Gasteiger partial charge in [-0.05, 0) is 23.8 Å². The molecule has 24 heavy (non-hydrogen) atoms. The van der Waals surface area contributed by atoms with Crippen LogP contribution in [-0.2, 0) is 16.1 Å². The number of nitrogens with zero attached hydrogens (tertiary/aromatic N) is 1. The fraction of sp³-hybridized carbons (Fsp3) is 0.556. The smallest absolute Gasteiger partial charge is 0.407 e. The molecule has 0 bridgehead atoms. The fourth-order valence-corrected chi connectivity index (χ4v) is 3.10. The van der Waals surface area contributed by atoms with E-state index in [0.717, 1.165) is 18.5 Å². The van der Waals surface area contributed by atoms with Crippen LogP contribution in [0.4, 0.5) is 4.79 Å². The zero-order valence-corrected chi connectivity index (χ0v) is 14.4. The van der Waals surface area contributed by atoms with Crippen molar-refractivity contribution < 1.29 is 14.3 Å². The van der Waals surface area contributed by atoms with Crippen LogP contribution in [0.5, 0.6) is 0 Å². The van der Waals surface area contributed by atoms with Gasteiger partial charge in [0.2, 0.25) is 5.91 Å². The Hall–Kier alpha value is -2.08. The third-order valence-electron chi connectivity index (χ3n) is 4.42. The molecule has 2 atom stereocenters. The van der Waals surface area contributed by atoms with E-state index in [2.05, 4.69) is 19.2 Å². The minimum Gasteiger partial charge on any atom is -0.445 e. The van der Waals surface area contributed by atoms with Crippen LogP contribution in [0.1, 0.15) is 25.8 Å². The molecule has 2 rings (SSSR count). The first-order chi connectivity index (χ1) is 11.4. The summed E-state index contributed by atoms with van der Waals surface area (Å²) in [6.07, 6.45) is 0.458. The third-order valence-corrected chi connectivity index (χ3v) is 4.42. The molecule has 1 saturated heterocycles. The van der Waals surface area contributed by atoms with Crippen molar-refractivity contribution in [3.63, 3.8) is 0 Å². The van der Waals surface area contributed by atoms with Gasteiger partial charge in [-0.25, -0.2) is 4.79 Å². The highest BCUT2D eigenvalue weighted by Crippen LogP contribution is 2.23. The van der Waals surface area contributed by atoms with E-state index >= 15 is 0 Å². The molecule has 1 aliphatic heterocycles. The average molecular weight is 333 g/mol. The van der Waals surface area contributed by atoms with Gasteiger partial charge in [0.25, 0.3) is 0 Å². The second-order valence-electron chi connectivity index (χ2n) is 6.80. The van der Waals surface area contributed by atoms with Crippen LogP contribution in [0.15, 0.2) is 30.3 Å². The number of hydrogen-bond donors (Lipinski definition) is 2. The number of alkyl carbamates (subject to hydrolysis) is 1. The van der Waals surface area contributed by atoms with E-state index in [1.54, 1.807) is 0 Å². The molecular weight excluding hydrogens is 306 g/mol. The second kappa shape index (κ2) is 8.68. The van der Waals surface area contributed by atoms with Gasteiger partial charge in [-0.1, -0.05) is 44.2 Å². The van der Waals surface area contributed by atoms with Crippen LogP contribution in [0.3, 0.4) is 0 Å². The van der Waals surface area contributed by atoms with Crippen molar-refractivity contribution >= 4 is 12.0 Å². The maximum atomic E-state index is 12.0. The van der Waals surface area contributed by atoms with Gasteiger partial charge in [0.05, 0.1) is 6.54 Å². The van der Waals surface area contributed by atoms with Crippen molar-refractivity contribution in [3.8, 4) is 0 Å². The molecule has 0 saturated carbocycles. The number of primary amides is 1. The van der Waals surface area contributed by atoms with Gasteiger partial charge in [0, 0.05) is 19.1 Å². The number of rotatable bonds is 6. The van der Waals surface area contributed by atoms with Gasteiger partial charge in [0.1, 0.15) is 6.61 Å². The molecule has 0 aliphatic carbocycles. The zero-order chi connectivity index (χ0) is 17.5. The highest BCUT2D eigenvalue weighted by Gasteiger charge is 2.30. The summed E-state index contributed by atoms with van der Waals surface area (Å²) in [7, 11) is 0. The second-order valence-corrected chi connectivity index (χ2v) is 6.80. The van der Waals surface area contributed by atoms with Crippen molar-refractivity contribution in [3.05, 3.63) is 35.9 Å². The highest BCUT2D eigenvalue weighted by molar-refractivity contribution is 5.76. The molecular formula is C18H27N3O3. The van der Waals surface area contributed by atoms with E-state index in [-0.39, 0.29) is 25.1 Å². The van der Waals surface area contributed by atoms with E-state index in [9.17, 15) is 9.59 Å². The Kier molecular flexibility index (Phi) is 6.61. The van der Waals surface area contributed by atoms with Crippen molar-refractivity contribution in [1.29, 1.82) is 0 Å². The third kappa shape index (κ3) is 5.85.